The molecule has 0 aromatic carbocycles. The molecule has 3 heteroatoms. The van der Waals surface area contributed by atoms with Crippen LogP contribution in [0.25, 0.3) is 0 Å². The number of allylic oxidation sites excluding steroid dienone is 2. The van der Waals surface area contributed by atoms with Crippen molar-refractivity contribution in [3.8, 4) is 0 Å². The lowest BCUT2D eigenvalue weighted by molar-refractivity contribution is -0.116. The van der Waals surface area contributed by atoms with Crippen molar-refractivity contribution < 1.29 is 9.59 Å². The second kappa shape index (κ2) is 5.29. The van der Waals surface area contributed by atoms with Crippen molar-refractivity contribution in [3.63, 3.8) is 0 Å². The molecule has 12 heavy (non-hydrogen) atoms. The predicted octanol–water partition coefficient (Wildman–Crippen LogP) is 0.824. The van der Waals surface area contributed by atoms with Crippen molar-refractivity contribution >= 4 is 11.7 Å². The van der Waals surface area contributed by atoms with Crippen molar-refractivity contribution in [1.29, 1.82) is 0 Å². The second-order valence-corrected chi connectivity index (χ2v) is 2.27. The van der Waals surface area contributed by atoms with Gasteiger partial charge >= 0.3 is 0 Å². The molecule has 0 atom stereocenters. The molecule has 0 aromatic heterocycles. The molecular weight excluding hydrogens is 154 g/mol. The van der Waals surface area contributed by atoms with E-state index in [9.17, 15) is 9.59 Å². The summed E-state index contributed by atoms with van der Waals surface area (Å²) in [5, 5.41) is 2.47. The molecule has 0 aliphatic heterocycles. The van der Waals surface area contributed by atoms with Gasteiger partial charge in [-0.1, -0.05) is 6.08 Å². The molecular formula is C9H13NO2. The number of amides is 1. The molecule has 66 valence electrons. The number of hydrogen-bond donors (Lipinski definition) is 1. The third-order valence-corrected chi connectivity index (χ3v) is 1.30. The van der Waals surface area contributed by atoms with Crippen LogP contribution in [0.4, 0.5) is 0 Å². The van der Waals surface area contributed by atoms with Crippen LogP contribution in [0.2, 0.25) is 0 Å². The van der Waals surface area contributed by atoms with E-state index in [0.717, 1.165) is 0 Å². The number of likely N-dealkylation sites (N-methyl/N-ethyl adjacent to an activating group) is 1. The van der Waals surface area contributed by atoms with Crippen LogP contribution in [-0.2, 0) is 9.59 Å². The smallest absolute Gasteiger partial charge is 0.250 e. The molecule has 0 aromatic rings. The summed E-state index contributed by atoms with van der Waals surface area (Å²) < 4.78 is 0. The van der Waals surface area contributed by atoms with E-state index in [1.54, 1.807) is 20.0 Å². The summed E-state index contributed by atoms with van der Waals surface area (Å²) in [5.74, 6) is -0.256. The molecule has 0 radical (unpaired) electrons. The first-order chi connectivity index (χ1) is 5.61. The standard InChI is InChI=1S/C9H13NO2/c1-4-8(9(12)10-3)6-5-7(2)11/h4-6H,1-3H3,(H,10,12)/b6-5-,8-4+. The Balaban J connectivity index is 4.40. The van der Waals surface area contributed by atoms with E-state index in [0.29, 0.717) is 5.57 Å². The average Bonchev–Trinajstić information content (AvgIpc) is 2.04. The van der Waals surface area contributed by atoms with Crippen LogP contribution in [0.1, 0.15) is 13.8 Å². The van der Waals surface area contributed by atoms with Crippen LogP contribution >= 0.6 is 0 Å². The fourth-order valence-corrected chi connectivity index (χ4v) is 0.654. The Kier molecular flexibility index (Phi) is 4.69. The zero-order chi connectivity index (χ0) is 9.56. The number of carbonyl (C=O) groups excluding carboxylic acids is 2. The first kappa shape index (κ1) is 10.6. The molecule has 0 heterocycles. The number of rotatable bonds is 3. The lowest BCUT2D eigenvalue weighted by atomic mass is 10.2. The molecule has 0 rings (SSSR count). The van der Waals surface area contributed by atoms with Crippen molar-refractivity contribution in [1.82, 2.24) is 5.32 Å². The van der Waals surface area contributed by atoms with E-state index in [-0.39, 0.29) is 11.7 Å². The van der Waals surface area contributed by atoms with Gasteiger partial charge in [-0.15, -0.1) is 0 Å². The second-order valence-electron chi connectivity index (χ2n) is 2.27. The van der Waals surface area contributed by atoms with E-state index in [4.69, 9.17) is 0 Å². The van der Waals surface area contributed by atoms with E-state index in [1.807, 2.05) is 0 Å². The summed E-state index contributed by atoms with van der Waals surface area (Å²) in [5.41, 5.74) is 0.493. The summed E-state index contributed by atoms with van der Waals surface area (Å²) in [4.78, 5) is 21.5. The lowest BCUT2D eigenvalue weighted by Crippen LogP contribution is -2.18. The Morgan fingerprint density at radius 2 is 1.83 bits per heavy atom. The van der Waals surface area contributed by atoms with Crippen molar-refractivity contribution in [2.45, 2.75) is 13.8 Å². The van der Waals surface area contributed by atoms with E-state index < -0.39 is 0 Å². The van der Waals surface area contributed by atoms with Crippen LogP contribution in [0.5, 0.6) is 0 Å². The van der Waals surface area contributed by atoms with Crippen molar-refractivity contribution in [2.24, 2.45) is 0 Å². The monoisotopic (exact) mass is 167 g/mol. The molecule has 0 unspecified atom stereocenters. The average molecular weight is 167 g/mol. The third-order valence-electron chi connectivity index (χ3n) is 1.30. The van der Waals surface area contributed by atoms with Gasteiger partial charge in [0.25, 0.3) is 5.91 Å². The van der Waals surface area contributed by atoms with Crippen molar-refractivity contribution in [3.05, 3.63) is 23.8 Å². The van der Waals surface area contributed by atoms with E-state index >= 15 is 0 Å². The van der Waals surface area contributed by atoms with Gasteiger partial charge in [-0.05, 0) is 26.0 Å². The maximum Gasteiger partial charge on any atom is 0.250 e. The summed E-state index contributed by atoms with van der Waals surface area (Å²) in [7, 11) is 1.55. The van der Waals surface area contributed by atoms with Crippen LogP contribution in [0, 0.1) is 0 Å². The van der Waals surface area contributed by atoms with Gasteiger partial charge in [-0.25, -0.2) is 0 Å². The molecule has 0 aliphatic rings. The molecule has 1 N–H and O–H groups in total. The first-order valence-corrected chi connectivity index (χ1v) is 3.68. The molecule has 0 spiro atoms. The van der Waals surface area contributed by atoms with E-state index in [2.05, 4.69) is 5.32 Å². The first-order valence-electron chi connectivity index (χ1n) is 3.68. The largest absolute Gasteiger partial charge is 0.355 e. The third kappa shape index (κ3) is 3.71. The Morgan fingerprint density at radius 3 is 2.17 bits per heavy atom. The van der Waals surface area contributed by atoms with E-state index in [1.165, 1.54) is 19.1 Å². The van der Waals surface area contributed by atoms with Crippen molar-refractivity contribution in [2.75, 3.05) is 7.05 Å². The SMILES string of the molecule is C/C=C(\C=C/C(C)=O)C(=O)NC. The molecule has 0 aliphatic carbocycles. The molecule has 1 amide bonds. The number of ketones is 1. The zero-order valence-corrected chi connectivity index (χ0v) is 7.55. The van der Waals surface area contributed by atoms with Gasteiger partial charge in [0.2, 0.25) is 0 Å². The fraction of sp³-hybridized carbons (Fsp3) is 0.333. The van der Waals surface area contributed by atoms with Gasteiger partial charge in [0.15, 0.2) is 5.78 Å². The van der Waals surface area contributed by atoms with Crippen LogP contribution in [0.3, 0.4) is 0 Å². The van der Waals surface area contributed by atoms with Crippen LogP contribution in [-0.4, -0.2) is 18.7 Å². The molecule has 0 saturated carbocycles. The number of carbonyl (C=O) groups is 2. The maximum atomic E-state index is 11.0. The Morgan fingerprint density at radius 1 is 1.25 bits per heavy atom. The van der Waals surface area contributed by atoms with Crippen LogP contribution in [0.15, 0.2) is 23.8 Å². The van der Waals surface area contributed by atoms with Gasteiger partial charge < -0.3 is 5.32 Å². The topological polar surface area (TPSA) is 46.2 Å². The van der Waals surface area contributed by atoms with Gasteiger partial charge in [0.1, 0.15) is 0 Å². The van der Waals surface area contributed by atoms with Crippen LogP contribution < -0.4 is 5.32 Å². The Bertz CT molecular complexity index is 239. The highest BCUT2D eigenvalue weighted by Gasteiger charge is 2.00. The van der Waals surface area contributed by atoms with Gasteiger partial charge in [0, 0.05) is 12.6 Å². The predicted molar refractivity (Wildman–Crippen MR) is 47.6 cm³/mol. The fourth-order valence-electron chi connectivity index (χ4n) is 0.654. The summed E-state index contributed by atoms with van der Waals surface area (Å²) in [6.07, 6.45) is 4.52. The highest BCUT2D eigenvalue weighted by Crippen LogP contribution is 1.96. The maximum absolute atomic E-state index is 11.0. The van der Waals surface area contributed by atoms with Gasteiger partial charge in [-0.3, -0.25) is 9.59 Å². The summed E-state index contributed by atoms with van der Waals surface area (Å²) in [6, 6.07) is 0. The minimum Gasteiger partial charge on any atom is -0.355 e. The lowest BCUT2D eigenvalue weighted by Gasteiger charge is -1.97. The molecule has 0 fully saturated rings. The minimum atomic E-state index is -0.185. The molecule has 0 saturated heterocycles. The summed E-state index contributed by atoms with van der Waals surface area (Å²) in [6.45, 7) is 3.18. The molecule has 3 nitrogen and oxygen atoms in total. The number of hydrogen-bond acceptors (Lipinski definition) is 2. The molecule has 0 bridgehead atoms. The summed E-state index contributed by atoms with van der Waals surface area (Å²) >= 11 is 0. The number of nitrogens with one attached hydrogen (secondary N) is 1. The van der Waals surface area contributed by atoms with Gasteiger partial charge in [-0.2, -0.15) is 0 Å². The Labute approximate surface area is 72.2 Å². The van der Waals surface area contributed by atoms with Gasteiger partial charge in [0.05, 0.1) is 0 Å². The highest BCUT2D eigenvalue weighted by atomic mass is 16.1. The highest BCUT2D eigenvalue weighted by molar-refractivity contribution is 5.98. The quantitative estimate of drug-likeness (QED) is 0.499. The Hall–Kier alpha value is -1.38. The zero-order valence-electron chi connectivity index (χ0n) is 7.55. The normalized spacial score (nSPS) is 11.8. The minimum absolute atomic E-state index is 0.0711.